The van der Waals surface area contributed by atoms with Crippen molar-refractivity contribution in [1.82, 2.24) is 0 Å². The molecule has 20 heavy (non-hydrogen) atoms. The van der Waals surface area contributed by atoms with Crippen molar-refractivity contribution < 1.29 is 9.84 Å². The van der Waals surface area contributed by atoms with Gasteiger partial charge in [0.15, 0.2) is 0 Å². The molecule has 106 valence electrons. The molecule has 0 aliphatic carbocycles. The average molecular weight is 271 g/mol. The van der Waals surface area contributed by atoms with Gasteiger partial charge in [-0.2, -0.15) is 0 Å². The van der Waals surface area contributed by atoms with E-state index in [0.29, 0.717) is 6.61 Å². The molecule has 3 nitrogen and oxygen atoms in total. The molecule has 0 amide bonds. The molecule has 0 spiro atoms. The van der Waals surface area contributed by atoms with E-state index in [-0.39, 0.29) is 11.8 Å². The summed E-state index contributed by atoms with van der Waals surface area (Å²) in [5.41, 5.74) is 2.01. The molecule has 2 aromatic carbocycles. The van der Waals surface area contributed by atoms with E-state index in [0.717, 1.165) is 23.4 Å². The van der Waals surface area contributed by atoms with Crippen LogP contribution in [0.25, 0.3) is 0 Å². The molecule has 2 rings (SSSR count). The summed E-state index contributed by atoms with van der Waals surface area (Å²) in [5, 5.41) is 13.0. The Morgan fingerprint density at radius 3 is 2.70 bits per heavy atom. The third kappa shape index (κ3) is 3.67. The van der Waals surface area contributed by atoms with Crippen LogP contribution in [0.3, 0.4) is 0 Å². The highest BCUT2D eigenvalue weighted by Gasteiger charge is 2.09. The highest BCUT2D eigenvalue weighted by atomic mass is 16.5. The van der Waals surface area contributed by atoms with Crippen molar-refractivity contribution in [1.29, 1.82) is 0 Å². The van der Waals surface area contributed by atoms with E-state index in [1.165, 1.54) is 0 Å². The Kier molecular flexibility index (Phi) is 4.88. The van der Waals surface area contributed by atoms with E-state index >= 15 is 0 Å². The standard InChI is InChI=1S/C17H21NO2/c1-3-11-20-17-10-5-4-9-16(17)18-13(2)14-7-6-8-15(19)12-14/h4-10,12-13,18-19H,3,11H2,1-2H3. The molecule has 1 atom stereocenters. The van der Waals surface area contributed by atoms with Crippen molar-refractivity contribution in [3.05, 3.63) is 54.1 Å². The van der Waals surface area contributed by atoms with Crippen LogP contribution in [0.15, 0.2) is 48.5 Å². The first-order chi connectivity index (χ1) is 9.70. The number of nitrogens with one attached hydrogen (secondary N) is 1. The van der Waals surface area contributed by atoms with Crippen molar-refractivity contribution in [2.75, 3.05) is 11.9 Å². The molecule has 0 aliphatic heterocycles. The Balaban J connectivity index is 2.13. The lowest BCUT2D eigenvalue weighted by Gasteiger charge is -2.18. The van der Waals surface area contributed by atoms with Crippen molar-refractivity contribution >= 4 is 5.69 Å². The van der Waals surface area contributed by atoms with Crippen molar-refractivity contribution in [3.63, 3.8) is 0 Å². The zero-order chi connectivity index (χ0) is 14.4. The van der Waals surface area contributed by atoms with E-state index in [1.54, 1.807) is 12.1 Å². The van der Waals surface area contributed by atoms with Gasteiger partial charge in [-0.3, -0.25) is 0 Å². The van der Waals surface area contributed by atoms with Crippen LogP contribution in [0.1, 0.15) is 31.9 Å². The highest BCUT2D eigenvalue weighted by molar-refractivity contribution is 5.57. The van der Waals surface area contributed by atoms with Crippen molar-refractivity contribution in [3.8, 4) is 11.5 Å². The van der Waals surface area contributed by atoms with Crippen molar-refractivity contribution in [2.24, 2.45) is 0 Å². The molecular formula is C17H21NO2. The van der Waals surface area contributed by atoms with Crippen LogP contribution in [0.2, 0.25) is 0 Å². The van der Waals surface area contributed by atoms with Crippen LogP contribution in [-0.2, 0) is 0 Å². The third-order valence-electron chi connectivity index (χ3n) is 3.09. The first-order valence-corrected chi connectivity index (χ1v) is 6.98. The minimum Gasteiger partial charge on any atom is -0.508 e. The fraction of sp³-hybridized carbons (Fsp3) is 0.294. The molecule has 2 aromatic rings. The smallest absolute Gasteiger partial charge is 0.142 e. The monoisotopic (exact) mass is 271 g/mol. The Morgan fingerprint density at radius 1 is 1.15 bits per heavy atom. The van der Waals surface area contributed by atoms with E-state index in [2.05, 4.69) is 19.2 Å². The van der Waals surface area contributed by atoms with Crippen LogP contribution in [-0.4, -0.2) is 11.7 Å². The van der Waals surface area contributed by atoms with Gasteiger partial charge in [0.25, 0.3) is 0 Å². The molecule has 0 saturated carbocycles. The average Bonchev–Trinajstić information content (AvgIpc) is 2.46. The maximum absolute atomic E-state index is 9.55. The number of para-hydroxylation sites is 2. The van der Waals surface area contributed by atoms with E-state index in [1.807, 2.05) is 36.4 Å². The lowest BCUT2D eigenvalue weighted by atomic mass is 10.1. The molecule has 0 fully saturated rings. The van der Waals surface area contributed by atoms with Gasteiger partial charge >= 0.3 is 0 Å². The maximum Gasteiger partial charge on any atom is 0.142 e. The second-order valence-corrected chi connectivity index (χ2v) is 4.81. The maximum atomic E-state index is 9.55. The van der Waals surface area contributed by atoms with Crippen LogP contribution in [0.4, 0.5) is 5.69 Å². The van der Waals surface area contributed by atoms with Crippen LogP contribution < -0.4 is 10.1 Å². The van der Waals surface area contributed by atoms with Gasteiger partial charge in [-0.1, -0.05) is 31.2 Å². The van der Waals surface area contributed by atoms with Crippen LogP contribution in [0, 0.1) is 0 Å². The number of rotatable bonds is 6. The van der Waals surface area contributed by atoms with Gasteiger partial charge in [-0.25, -0.2) is 0 Å². The number of phenols is 1. The fourth-order valence-corrected chi connectivity index (χ4v) is 2.03. The summed E-state index contributed by atoms with van der Waals surface area (Å²) in [6.45, 7) is 4.86. The first kappa shape index (κ1) is 14.3. The molecule has 3 heteroatoms. The minimum absolute atomic E-state index is 0.0912. The van der Waals surface area contributed by atoms with Gasteiger partial charge in [-0.05, 0) is 43.2 Å². The summed E-state index contributed by atoms with van der Waals surface area (Å²) in [6, 6.07) is 15.3. The van der Waals surface area contributed by atoms with Gasteiger partial charge in [-0.15, -0.1) is 0 Å². The Morgan fingerprint density at radius 2 is 1.95 bits per heavy atom. The van der Waals surface area contributed by atoms with Crippen LogP contribution in [0.5, 0.6) is 11.5 Å². The number of aromatic hydroxyl groups is 1. The van der Waals surface area contributed by atoms with Gasteiger partial charge in [0.05, 0.1) is 12.3 Å². The Bertz CT molecular complexity index is 554. The van der Waals surface area contributed by atoms with Gasteiger partial charge in [0, 0.05) is 6.04 Å². The summed E-state index contributed by atoms with van der Waals surface area (Å²) in [7, 11) is 0. The molecule has 0 aliphatic rings. The molecule has 0 aromatic heterocycles. The molecule has 1 unspecified atom stereocenters. The predicted octanol–water partition coefficient (Wildman–Crippen LogP) is 4.35. The summed E-state index contributed by atoms with van der Waals surface area (Å²) < 4.78 is 5.73. The van der Waals surface area contributed by atoms with Crippen molar-refractivity contribution in [2.45, 2.75) is 26.3 Å². The third-order valence-corrected chi connectivity index (χ3v) is 3.09. The number of hydrogen-bond acceptors (Lipinski definition) is 3. The molecule has 0 heterocycles. The lowest BCUT2D eigenvalue weighted by Crippen LogP contribution is -2.08. The Labute approximate surface area is 120 Å². The molecule has 0 radical (unpaired) electrons. The highest BCUT2D eigenvalue weighted by Crippen LogP contribution is 2.29. The molecule has 0 bridgehead atoms. The molecular weight excluding hydrogens is 250 g/mol. The normalized spacial score (nSPS) is 11.9. The second kappa shape index (κ2) is 6.85. The number of ether oxygens (including phenoxy) is 1. The van der Waals surface area contributed by atoms with E-state index in [9.17, 15) is 5.11 Å². The molecule has 2 N–H and O–H groups in total. The quantitative estimate of drug-likeness (QED) is 0.820. The minimum atomic E-state index is 0.0912. The van der Waals surface area contributed by atoms with Crippen LogP contribution >= 0.6 is 0 Å². The Hall–Kier alpha value is -2.16. The number of benzene rings is 2. The summed E-state index contributed by atoms with van der Waals surface area (Å²) in [6.07, 6.45) is 0.983. The topological polar surface area (TPSA) is 41.5 Å². The summed E-state index contributed by atoms with van der Waals surface area (Å²) >= 11 is 0. The summed E-state index contributed by atoms with van der Waals surface area (Å²) in [5.74, 6) is 1.15. The molecule has 0 saturated heterocycles. The number of hydrogen-bond donors (Lipinski definition) is 2. The van der Waals surface area contributed by atoms with Gasteiger partial charge in [0.1, 0.15) is 11.5 Å². The lowest BCUT2D eigenvalue weighted by molar-refractivity contribution is 0.318. The number of anilines is 1. The SMILES string of the molecule is CCCOc1ccccc1NC(C)c1cccc(O)c1. The van der Waals surface area contributed by atoms with E-state index in [4.69, 9.17) is 4.74 Å². The first-order valence-electron chi connectivity index (χ1n) is 6.98. The zero-order valence-electron chi connectivity index (χ0n) is 12.0. The zero-order valence-corrected chi connectivity index (χ0v) is 12.0. The fourth-order valence-electron chi connectivity index (χ4n) is 2.03. The van der Waals surface area contributed by atoms with E-state index < -0.39 is 0 Å². The summed E-state index contributed by atoms with van der Waals surface area (Å²) in [4.78, 5) is 0. The van der Waals surface area contributed by atoms with Gasteiger partial charge < -0.3 is 15.2 Å². The number of phenolic OH excluding ortho intramolecular Hbond substituents is 1. The second-order valence-electron chi connectivity index (χ2n) is 4.81. The predicted molar refractivity (Wildman–Crippen MR) is 82.4 cm³/mol. The van der Waals surface area contributed by atoms with Gasteiger partial charge in [0.2, 0.25) is 0 Å². The largest absolute Gasteiger partial charge is 0.508 e.